The van der Waals surface area contributed by atoms with Crippen molar-refractivity contribution in [3.8, 4) is 0 Å². The van der Waals surface area contributed by atoms with E-state index in [9.17, 15) is 0 Å². The van der Waals surface area contributed by atoms with Crippen LogP contribution in [0.3, 0.4) is 0 Å². The number of aliphatic hydroxyl groups excluding tert-OH is 1. The standard InChI is InChI=1S/C11H18N4.C9H18N2.C7H14N2.C7H13N.C2H4O.CH4O/c1-12-11-4-3-10(9-13-11)15-7-5-14(2)6-8-15;1-7(2)11-5-8-4-10(3)6-9(8)11;1-8-3-6-4-9(2)7(6)5-8;1-8-4-6-2-3-7(6)5-8;1-2-3;1-2/h3-4,9H,5-8H2,1-2H3,(H,12,13);7-9H,4-6H2,1-3H3;6-7H,3-5H2,1-2H3;6-7H,2-5H2,1H3;2H,1H3;2H,1H3. The molecule has 7 heterocycles. The lowest BCUT2D eigenvalue weighted by atomic mass is 9.77. The van der Waals surface area contributed by atoms with E-state index in [0.29, 0.717) is 0 Å². The van der Waals surface area contributed by atoms with Crippen LogP contribution in [0.1, 0.15) is 33.6 Å². The van der Waals surface area contributed by atoms with E-state index >= 15 is 0 Å². The third kappa shape index (κ3) is 11.3. The number of aromatic nitrogens is 1. The van der Waals surface area contributed by atoms with E-state index in [1.807, 2.05) is 19.3 Å². The molecule has 7 aliphatic rings. The van der Waals surface area contributed by atoms with Gasteiger partial charge < -0.3 is 44.6 Å². The van der Waals surface area contributed by atoms with Gasteiger partial charge in [0.25, 0.3) is 0 Å². The van der Waals surface area contributed by atoms with E-state index in [-0.39, 0.29) is 0 Å². The monoisotopic (exact) mass is 674 g/mol. The lowest BCUT2D eigenvalue weighted by Crippen LogP contribution is -2.58. The van der Waals surface area contributed by atoms with Crippen LogP contribution in [0.4, 0.5) is 11.5 Å². The highest BCUT2D eigenvalue weighted by molar-refractivity contribution is 5.49. The smallest absolute Gasteiger partial charge is 0.125 e. The maximum absolute atomic E-state index is 8.81. The van der Waals surface area contributed by atoms with Crippen molar-refractivity contribution in [2.24, 2.45) is 23.7 Å². The second kappa shape index (κ2) is 20.1. The van der Waals surface area contributed by atoms with Crippen molar-refractivity contribution >= 4 is 17.8 Å². The molecule has 1 aromatic rings. The van der Waals surface area contributed by atoms with Crippen molar-refractivity contribution in [3.05, 3.63) is 18.3 Å². The topological polar surface area (TPSA) is 84.9 Å². The van der Waals surface area contributed by atoms with Gasteiger partial charge in [-0.25, -0.2) is 4.98 Å². The number of anilines is 2. The molecule has 6 saturated heterocycles. The van der Waals surface area contributed by atoms with Gasteiger partial charge in [0.05, 0.1) is 11.9 Å². The molecule has 0 bridgehead atoms. The van der Waals surface area contributed by atoms with Crippen molar-refractivity contribution < 1.29 is 9.90 Å². The molecular weight excluding hydrogens is 602 g/mol. The van der Waals surface area contributed by atoms with Crippen LogP contribution in [-0.4, -0.2) is 192 Å². The SMILES string of the molecule is CC(C)N1CC2CN(C)CC21.CC=O.CN1CC2CCC2C1.CN1CC2CN(C)C2C1.CNc1ccc(N2CCN(C)CC2)cn1.CO. The summed E-state index contributed by atoms with van der Waals surface area (Å²) < 4.78 is 0. The predicted molar refractivity (Wildman–Crippen MR) is 201 cm³/mol. The fraction of sp³-hybridized carbons (Fsp3) is 0.838. The van der Waals surface area contributed by atoms with Gasteiger partial charge in [-0.3, -0.25) is 4.90 Å². The Morgan fingerprint density at radius 3 is 1.60 bits per heavy atom. The highest BCUT2D eigenvalue weighted by atomic mass is 16.2. The molecule has 11 nitrogen and oxygen atoms in total. The number of aliphatic hydroxyl groups is 1. The number of aldehydes is 1. The molecule has 6 atom stereocenters. The van der Waals surface area contributed by atoms with Gasteiger partial charge in [0, 0.05) is 123 Å². The molecule has 0 spiro atoms. The number of hydrogen-bond donors (Lipinski definition) is 2. The summed E-state index contributed by atoms with van der Waals surface area (Å²) in [5.41, 5.74) is 1.22. The normalized spacial score (nSPS) is 31.0. The largest absolute Gasteiger partial charge is 0.400 e. The van der Waals surface area contributed by atoms with Gasteiger partial charge in [0.1, 0.15) is 12.1 Å². The number of likely N-dealkylation sites (tertiary alicyclic amines) is 5. The van der Waals surface area contributed by atoms with Crippen LogP contribution in [0.25, 0.3) is 0 Å². The van der Waals surface area contributed by atoms with Crippen LogP contribution in [0.2, 0.25) is 0 Å². The zero-order valence-corrected chi connectivity index (χ0v) is 32.2. The van der Waals surface area contributed by atoms with Crippen LogP contribution in [0.5, 0.6) is 0 Å². The average Bonchev–Trinajstić information content (AvgIpc) is 3.63. The van der Waals surface area contributed by atoms with E-state index in [2.05, 4.69) is 99.8 Å². The van der Waals surface area contributed by atoms with Crippen molar-refractivity contribution in [2.75, 3.05) is 138 Å². The molecule has 1 aromatic heterocycles. The molecular formula is C37H71N9O2. The van der Waals surface area contributed by atoms with E-state index in [1.165, 1.54) is 77.8 Å². The van der Waals surface area contributed by atoms with Gasteiger partial charge in [-0.05, 0) is 92.8 Å². The molecule has 6 aliphatic heterocycles. The first-order valence-electron chi connectivity index (χ1n) is 18.5. The molecule has 8 rings (SSSR count). The number of hydrogen-bond acceptors (Lipinski definition) is 11. The third-order valence-corrected chi connectivity index (χ3v) is 11.3. The number of carbonyl (C=O) groups excluding carboxylic acids is 1. The lowest BCUT2D eigenvalue weighted by molar-refractivity contribution is -0.106. The van der Waals surface area contributed by atoms with Crippen molar-refractivity contribution in [1.29, 1.82) is 0 Å². The molecule has 6 unspecified atom stereocenters. The third-order valence-electron chi connectivity index (χ3n) is 11.3. The van der Waals surface area contributed by atoms with Crippen molar-refractivity contribution in [1.82, 2.24) is 34.4 Å². The molecule has 48 heavy (non-hydrogen) atoms. The second-order valence-electron chi connectivity index (χ2n) is 15.3. The molecule has 1 saturated carbocycles. The summed E-state index contributed by atoms with van der Waals surface area (Å²) >= 11 is 0. The molecule has 0 amide bonds. The molecule has 0 radical (unpaired) electrons. The minimum absolute atomic E-state index is 0.750. The van der Waals surface area contributed by atoms with E-state index in [1.54, 1.807) is 0 Å². The molecule has 11 heteroatoms. The number of fused-ring (bicyclic) bond motifs is 3. The zero-order valence-electron chi connectivity index (χ0n) is 32.2. The molecule has 1 aliphatic carbocycles. The summed E-state index contributed by atoms with van der Waals surface area (Å²) in [4.78, 5) is 30.3. The van der Waals surface area contributed by atoms with Crippen molar-refractivity contribution in [3.63, 3.8) is 0 Å². The first-order valence-corrected chi connectivity index (χ1v) is 18.5. The number of carbonyl (C=O) groups is 1. The summed E-state index contributed by atoms with van der Waals surface area (Å²) in [6.45, 7) is 21.2. The van der Waals surface area contributed by atoms with E-state index in [0.717, 1.165) is 87.2 Å². The molecule has 2 N–H and O–H groups in total. The summed E-state index contributed by atoms with van der Waals surface area (Å²) in [5.74, 6) is 5.11. The quantitative estimate of drug-likeness (QED) is 0.464. The minimum Gasteiger partial charge on any atom is -0.400 e. The maximum atomic E-state index is 8.81. The van der Waals surface area contributed by atoms with Crippen LogP contribution in [0, 0.1) is 23.7 Å². The summed E-state index contributed by atoms with van der Waals surface area (Å²) in [6.07, 6.45) is 5.71. The Morgan fingerprint density at radius 1 is 0.729 bits per heavy atom. The van der Waals surface area contributed by atoms with Gasteiger partial charge in [0.15, 0.2) is 0 Å². The fourth-order valence-electron chi connectivity index (χ4n) is 8.37. The van der Waals surface area contributed by atoms with E-state index < -0.39 is 0 Å². The van der Waals surface area contributed by atoms with Gasteiger partial charge >= 0.3 is 0 Å². The highest BCUT2D eigenvalue weighted by Crippen LogP contribution is 2.39. The van der Waals surface area contributed by atoms with Crippen LogP contribution in [-0.2, 0) is 4.79 Å². The lowest BCUT2D eigenvalue weighted by Gasteiger charge is -2.46. The van der Waals surface area contributed by atoms with Crippen LogP contribution in [0.15, 0.2) is 18.3 Å². The fourth-order valence-corrected chi connectivity index (χ4v) is 8.37. The summed E-state index contributed by atoms with van der Waals surface area (Å²) in [5, 5.41) is 10.0. The molecule has 7 fully saturated rings. The zero-order chi connectivity index (χ0) is 35.4. The average molecular weight is 674 g/mol. The Hall–Kier alpha value is -1.86. The minimum atomic E-state index is 0.750. The first kappa shape index (κ1) is 40.6. The Bertz CT molecular complexity index is 1030. The number of pyridine rings is 1. The highest BCUT2D eigenvalue weighted by Gasteiger charge is 2.45. The Balaban J connectivity index is 0.000000170. The Labute approximate surface area is 293 Å². The van der Waals surface area contributed by atoms with Crippen LogP contribution >= 0.6 is 0 Å². The predicted octanol–water partition coefficient (Wildman–Crippen LogP) is 2.15. The van der Waals surface area contributed by atoms with E-state index in [4.69, 9.17) is 9.90 Å². The van der Waals surface area contributed by atoms with Crippen molar-refractivity contribution in [2.45, 2.75) is 51.7 Å². The summed E-state index contributed by atoms with van der Waals surface area (Å²) in [7, 11) is 14.0. The first-order chi connectivity index (χ1) is 23.0. The molecule has 0 aromatic carbocycles. The maximum Gasteiger partial charge on any atom is 0.125 e. The number of piperazine rings is 1. The number of likely N-dealkylation sites (N-methyl/N-ethyl adjacent to an activating group) is 4. The van der Waals surface area contributed by atoms with Gasteiger partial charge in [-0.15, -0.1) is 0 Å². The second-order valence-corrected chi connectivity index (χ2v) is 15.3. The van der Waals surface area contributed by atoms with Gasteiger partial charge in [-0.1, -0.05) is 0 Å². The number of rotatable bonds is 3. The Morgan fingerprint density at radius 2 is 1.23 bits per heavy atom. The van der Waals surface area contributed by atoms with Gasteiger partial charge in [0.2, 0.25) is 0 Å². The number of nitrogens with zero attached hydrogens (tertiary/aromatic N) is 8. The number of nitrogens with one attached hydrogen (secondary N) is 1. The van der Waals surface area contributed by atoms with Crippen LogP contribution < -0.4 is 10.2 Å². The molecule has 276 valence electrons. The Kier molecular flexibility index (Phi) is 17.0. The van der Waals surface area contributed by atoms with Gasteiger partial charge in [-0.2, -0.15) is 0 Å². The summed E-state index contributed by atoms with van der Waals surface area (Å²) in [6, 6.07) is 6.69.